The standard InChI is InChI=1S/C20H34N2O4/c1-6-9-10-20(5,26-11-7-2)19(23)22-17-14-16(4)18(21-15-17)25-13-12-24-8-3/h14-15H,6-13H2,1-5H3,(H,22,23)/t20-/m0/s1. The van der Waals surface area contributed by atoms with Crippen molar-refractivity contribution in [1.82, 2.24) is 4.98 Å². The summed E-state index contributed by atoms with van der Waals surface area (Å²) >= 11 is 0. The largest absolute Gasteiger partial charge is 0.475 e. The zero-order chi connectivity index (χ0) is 19.4. The third-order valence-corrected chi connectivity index (χ3v) is 4.07. The van der Waals surface area contributed by atoms with Crippen LogP contribution in [-0.4, -0.2) is 42.9 Å². The van der Waals surface area contributed by atoms with Gasteiger partial charge in [-0.25, -0.2) is 4.98 Å². The number of aromatic nitrogens is 1. The van der Waals surface area contributed by atoms with Gasteiger partial charge < -0.3 is 19.5 Å². The Morgan fingerprint density at radius 2 is 1.96 bits per heavy atom. The van der Waals surface area contributed by atoms with Gasteiger partial charge in [0.05, 0.1) is 18.5 Å². The molecule has 0 aliphatic carbocycles. The first kappa shape index (κ1) is 22.4. The number of rotatable bonds is 13. The molecule has 1 rings (SSSR count). The number of hydrogen-bond donors (Lipinski definition) is 1. The van der Waals surface area contributed by atoms with Gasteiger partial charge in [-0.05, 0) is 39.7 Å². The van der Waals surface area contributed by atoms with Crippen LogP contribution in [-0.2, 0) is 14.3 Å². The van der Waals surface area contributed by atoms with Gasteiger partial charge in [0.1, 0.15) is 12.2 Å². The number of nitrogens with zero attached hydrogens (tertiary/aromatic N) is 1. The maximum atomic E-state index is 12.8. The molecule has 1 aromatic rings. The van der Waals surface area contributed by atoms with Crippen molar-refractivity contribution in [2.75, 3.05) is 31.7 Å². The number of ether oxygens (including phenoxy) is 3. The maximum Gasteiger partial charge on any atom is 0.256 e. The van der Waals surface area contributed by atoms with Crippen LogP contribution in [0.25, 0.3) is 0 Å². The van der Waals surface area contributed by atoms with E-state index in [0.717, 1.165) is 24.8 Å². The molecule has 6 nitrogen and oxygen atoms in total. The molecule has 1 aromatic heterocycles. The van der Waals surface area contributed by atoms with Crippen molar-refractivity contribution in [1.29, 1.82) is 0 Å². The average molecular weight is 367 g/mol. The fraction of sp³-hybridized carbons (Fsp3) is 0.700. The number of hydrogen-bond acceptors (Lipinski definition) is 5. The van der Waals surface area contributed by atoms with E-state index >= 15 is 0 Å². The summed E-state index contributed by atoms with van der Waals surface area (Å²) in [5.74, 6) is 0.421. The minimum atomic E-state index is -0.827. The van der Waals surface area contributed by atoms with Gasteiger partial charge in [0.2, 0.25) is 5.88 Å². The Bertz CT molecular complexity index is 541. The van der Waals surface area contributed by atoms with Crippen LogP contribution in [0.1, 0.15) is 58.9 Å². The van der Waals surface area contributed by atoms with E-state index in [2.05, 4.69) is 17.2 Å². The van der Waals surface area contributed by atoms with E-state index in [4.69, 9.17) is 14.2 Å². The van der Waals surface area contributed by atoms with Gasteiger partial charge in [-0.15, -0.1) is 0 Å². The molecule has 0 saturated carbocycles. The Hall–Kier alpha value is -1.66. The number of carbonyl (C=O) groups is 1. The van der Waals surface area contributed by atoms with Crippen molar-refractivity contribution in [3.05, 3.63) is 17.8 Å². The highest BCUT2D eigenvalue weighted by atomic mass is 16.5. The van der Waals surface area contributed by atoms with Crippen LogP contribution in [0.15, 0.2) is 12.3 Å². The average Bonchev–Trinajstić information content (AvgIpc) is 2.63. The molecule has 0 fully saturated rings. The first-order valence-corrected chi connectivity index (χ1v) is 9.59. The highest BCUT2D eigenvalue weighted by Crippen LogP contribution is 2.24. The van der Waals surface area contributed by atoms with Crippen LogP contribution in [0.4, 0.5) is 5.69 Å². The number of anilines is 1. The van der Waals surface area contributed by atoms with Gasteiger partial charge in [0.25, 0.3) is 5.91 Å². The lowest BCUT2D eigenvalue weighted by molar-refractivity contribution is -0.140. The minimum absolute atomic E-state index is 0.134. The predicted molar refractivity (Wildman–Crippen MR) is 104 cm³/mol. The highest BCUT2D eigenvalue weighted by molar-refractivity contribution is 5.97. The molecule has 0 unspecified atom stereocenters. The summed E-state index contributed by atoms with van der Waals surface area (Å²) in [6.45, 7) is 12.1. The van der Waals surface area contributed by atoms with E-state index < -0.39 is 5.60 Å². The smallest absolute Gasteiger partial charge is 0.256 e. The zero-order valence-electron chi connectivity index (χ0n) is 16.9. The summed E-state index contributed by atoms with van der Waals surface area (Å²) < 4.78 is 16.7. The lowest BCUT2D eigenvalue weighted by Gasteiger charge is -2.28. The number of pyridine rings is 1. The fourth-order valence-electron chi connectivity index (χ4n) is 2.48. The molecular weight excluding hydrogens is 332 g/mol. The summed E-state index contributed by atoms with van der Waals surface area (Å²) in [4.78, 5) is 17.1. The first-order chi connectivity index (χ1) is 12.5. The van der Waals surface area contributed by atoms with E-state index in [9.17, 15) is 4.79 Å². The van der Waals surface area contributed by atoms with Gasteiger partial charge in [-0.2, -0.15) is 0 Å². The van der Waals surface area contributed by atoms with Crippen molar-refractivity contribution in [3.63, 3.8) is 0 Å². The molecule has 1 heterocycles. The fourth-order valence-corrected chi connectivity index (χ4v) is 2.48. The topological polar surface area (TPSA) is 69.7 Å². The molecule has 0 saturated heterocycles. The molecule has 1 N–H and O–H groups in total. The molecule has 0 radical (unpaired) electrons. The Kier molecular flexibility index (Phi) is 10.2. The van der Waals surface area contributed by atoms with Crippen LogP contribution in [0.5, 0.6) is 5.88 Å². The number of carbonyl (C=O) groups excluding carboxylic acids is 1. The quantitative estimate of drug-likeness (QED) is 0.532. The van der Waals surface area contributed by atoms with Crippen molar-refractivity contribution < 1.29 is 19.0 Å². The Labute approximate surface area is 157 Å². The third-order valence-electron chi connectivity index (χ3n) is 4.07. The van der Waals surface area contributed by atoms with E-state index in [1.807, 2.05) is 33.8 Å². The molecule has 0 aliphatic rings. The molecule has 0 spiro atoms. The molecule has 26 heavy (non-hydrogen) atoms. The van der Waals surface area contributed by atoms with Crippen LogP contribution < -0.4 is 10.1 Å². The third kappa shape index (κ3) is 7.30. The zero-order valence-corrected chi connectivity index (χ0v) is 16.9. The van der Waals surface area contributed by atoms with E-state index in [0.29, 0.717) is 44.4 Å². The number of amides is 1. The van der Waals surface area contributed by atoms with Crippen LogP contribution in [0, 0.1) is 6.92 Å². The van der Waals surface area contributed by atoms with E-state index in [-0.39, 0.29) is 5.91 Å². The molecule has 1 atom stereocenters. The molecule has 148 valence electrons. The van der Waals surface area contributed by atoms with Crippen molar-refractivity contribution in [3.8, 4) is 5.88 Å². The second kappa shape index (κ2) is 11.9. The summed E-state index contributed by atoms with van der Waals surface area (Å²) in [6.07, 6.45) is 5.15. The van der Waals surface area contributed by atoms with Crippen molar-refractivity contribution >= 4 is 11.6 Å². The van der Waals surface area contributed by atoms with Crippen molar-refractivity contribution in [2.45, 2.75) is 65.9 Å². The molecule has 6 heteroatoms. The first-order valence-electron chi connectivity index (χ1n) is 9.59. The Balaban J connectivity index is 2.72. The summed E-state index contributed by atoms with van der Waals surface area (Å²) in [6, 6.07) is 1.86. The second-order valence-electron chi connectivity index (χ2n) is 6.53. The molecule has 1 amide bonds. The number of aryl methyl sites for hydroxylation is 1. The summed E-state index contributed by atoms with van der Waals surface area (Å²) in [5, 5.41) is 2.94. The number of unbranched alkanes of at least 4 members (excludes halogenated alkanes) is 1. The van der Waals surface area contributed by atoms with Gasteiger partial charge in [0, 0.05) is 18.8 Å². The normalized spacial score (nSPS) is 13.3. The van der Waals surface area contributed by atoms with Crippen LogP contribution in [0.2, 0.25) is 0 Å². The highest BCUT2D eigenvalue weighted by Gasteiger charge is 2.33. The lowest BCUT2D eigenvalue weighted by Crippen LogP contribution is -2.43. The minimum Gasteiger partial charge on any atom is -0.475 e. The molecular formula is C20H34N2O4. The summed E-state index contributed by atoms with van der Waals surface area (Å²) in [5.41, 5.74) is 0.684. The molecule has 0 aromatic carbocycles. The van der Waals surface area contributed by atoms with Crippen LogP contribution in [0.3, 0.4) is 0 Å². The Morgan fingerprint density at radius 3 is 2.58 bits per heavy atom. The van der Waals surface area contributed by atoms with Gasteiger partial charge >= 0.3 is 0 Å². The van der Waals surface area contributed by atoms with E-state index in [1.54, 1.807) is 6.20 Å². The lowest BCUT2D eigenvalue weighted by atomic mass is 9.97. The van der Waals surface area contributed by atoms with Gasteiger partial charge in [-0.1, -0.05) is 26.7 Å². The van der Waals surface area contributed by atoms with Crippen LogP contribution >= 0.6 is 0 Å². The SMILES string of the molecule is CCCC[C@](C)(OCCC)C(=O)Nc1cnc(OCCOCC)c(C)c1. The predicted octanol–water partition coefficient (Wildman–Crippen LogP) is 4.12. The van der Waals surface area contributed by atoms with Gasteiger partial charge in [0.15, 0.2) is 0 Å². The Morgan fingerprint density at radius 1 is 1.19 bits per heavy atom. The van der Waals surface area contributed by atoms with Gasteiger partial charge in [-0.3, -0.25) is 4.79 Å². The second-order valence-corrected chi connectivity index (χ2v) is 6.53. The van der Waals surface area contributed by atoms with E-state index in [1.165, 1.54) is 0 Å². The summed E-state index contributed by atoms with van der Waals surface area (Å²) in [7, 11) is 0. The van der Waals surface area contributed by atoms with Crippen molar-refractivity contribution in [2.24, 2.45) is 0 Å². The molecule has 0 aliphatic heterocycles. The molecule has 0 bridgehead atoms. The maximum absolute atomic E-state index is 12.8. The number of nitrogens with one attached hydrogen (secondary N) is 1. The monoisotopic (exact) mass is 366 g/mol.